The molecule has 0 saturated heterocycles. The first kappa shape index (κ1) is 12.2. The molecule has 1 aliphatic rings. The highest BCUT2D eigenvalue weighted by Crippen LogP contribution is 2.31. The van der Waals surface area contributed by atoms with Gasteiger partial charge >= 0.3 is 0 Å². The molecule has 0 radical (unpaired) electrons. The molecule has 0 aliphatic heterocycles. The Morgan fingerprint density at radius 3 is 2.95 bits per heavy atom. The van der Waals surface area contributed by atoms with Gasteiger partial charge in [0, 0.05) is 29.4 Å². The van der Waals surface area contributed by atoms with Gasteiger partial charge in [-0.25, -0.2) is 0 Å². The Bertz CT molecular complexity index is 608. The van der Waals surface area contributed by atoms with Crippen LogP contribution in [0.5, 0.6) is 0 Å². The lowest BCUT2D eigenvalue weighted by Gasteiger charge is -2.11. The molecular weight excluding hydrogens is 236 g/mol. The number of fused-ring (bicyclic) bond motifs is 1. The van der Waals surface area contributed by atoms with Crippen LogP contribution in [0.2, 0.25) is 0 Å². The Morgan fingerprint density at radius 2 is 2.16 bits per heavy atom. The van der Waals surface area contributed by atoms with E-state index < -0.39 is 0 Å². The smallest absolute Gasteiger partial charge is 0.227 e. The lowest BCUT2D eigenvalue weighted by atomic mass is 10.1. The third-order valence-corrected chi connectivity index (χ3v) is 3.97. The monoisotopic (exact) mass is 254 g/mol. The lowest BCUT2D eigenvalue weighted by molar-refractivity contribution is -0.119. The largest absolute Gasteiger partial charge is 0.326 e. The van der Waals surface area contributed by atoms with Gasteiger partial charge in [0.05, 0.1) is 0 Å². The number of pyridine rings is 1. The topological polar surface area (TPSA) is 42.0 Å². The maximum atomic E-state index is 12.2. The van der Waals surface area contributed by atoms with E-state index in [-0.39, 0.29) is 11.8 Å². The quantitative estimate of drug-likeness (QED) is 0.889. The van der Waals surface area contributed by atoms with Crippen LogP contribution in [0.15, 0.2) is 36.7 Å². The highest BCUT2D eigenvalue weighted by Gasteiger charge is 2.27. The van der Waals surface area contributed by atoms with Crippen molar-refractivity contribution in [2.75, 3.05) is 5.32 Å². The van der Waals surface area contributed by atoms with E-state index in [0.29, 0.717) is 5.92 Å². The van der Waals surface area contributed by atoms with Gasteiger partial charge in [-0.1, -0.05) is 13.0 Å². The number of carbonyl (C=O) groups is 1. The minimum atomic E-state index is 0.165. The van der Waals surface area contributed by atoms with Gasteiger partial charge in [-0.3, -0.25) is 9.78 Å². The minimum Gasteiger partial charge on any atom is -0.326 e. The van der Waals surface area contributed by atoms with E-state index >= 15 is 0 Å². The summed E-state index contributed by atoms with van der Waals surface area (Å²) >= 11 is 0. The Kier molecular flexibility index (Phi) is 3.20. The van der Waals surface area contributed by atoms with Crippen molar-refractivity contribution in [3.63, 3.8) is 0 Å². The standard InChI is InChI=1S/C16H18N2O/c1-11-2-3-13(8-11)16(19)18-15-5-4-14-10-17-7-6-12(14)9-15/h4-7,9-11,13H,2-3,8H2,1H3,(H,18,19)/t11?,13-/m1/s1. The van der Waals surface area contributed by atoms with Gasteiger partial charge in [-0.05, 0) is 48.8 Å². The number of aromatic nitrogens is 1. The predicted molar refractivity (Wildman–Crippen MR) is 76.9 cm³/mol. The van der Waals surface area contributed by atoms with Crippen LogP contribution in [0.3, 0.4) is 0 Å². The first-order chi connectivity index (χ1) is 9.22. The first-order valence-electron chi connectivity index (χ1n) is 6.87. The number of carbonyl (C=O) groups excluding carboxylic acids is 1. The first-order valence-corrected chi connectivity index (χ1v) is 6.87. The number of hydrogen-bond donors (Lipinski definition) is 1. The van der Waals surface area contributed by atoms with Crippen molar-refractivity contribution in [1.29, 1.82) is 0 Å². The van der Waals surface area contributed by atoms with E-state index in [1.165, 1.54) is 6.42 Å². The van der Waals surface area contributed by atoms with Crippen molar-refractivity contribution in [2.24, 2.45) is 11.8 Å². The van der Waals surface area contributed by atoms with Crippen molar-refractivity contribution in [2.45, 2.75) is 26.2 Å². The van der Waals surface area contributed by atoms with Crippen LogP contribution in [0.4, 0.5) is 5.69 Å². The molecule has 0 spiro atoms. The van der Waals surface area contributed by atoms with Gasteiger partial charge in [0.25, 0.3) is 0 Å². The van der Waals surface area contributed by atoms with Gasteiger partial charge in [0.15, 0.2) is 0 Å². The fourth-order valence-electron chi connectivity index (χ4n) is 2.85. The molecule has 0 bridgehead atoms. The molecule has 3 nitrogen and oxygen atoms in total. The molecule has 2 aromatic rings. The van der Waals surface area contributed by atoms with E-state index in [4.69, 9.17) is 0 Å². The zero-order valence-electron chi connectivity index (χ0n) is 11.1. The van der Waals surface area contributed by atoms with E-state index in [2.05, 4.69) is 17.2 Å². The summed E-state index contributed by atoms with van der Waals surface area (Å²) in [6, 6.07) is 7.91. The summed E-state index contributed by atoms with van der Waals surface area (Å²) in [5.74, 6) is 1.03. The van der Waals surface area contributed by atoms with Crippen LogP contribution in [-0.2, 0) is 4.79 Å². The third-order valence-electron chi connectivity index (χ3n) is 3.97. The zero-order valence-corrected chi connectivity index (χ0v) is 11.1. The number of rotatable bonds is 2. The van der Waals surface area contributed by atoms with E-state index in [0.717, 1.165) is 29.3 Å². The number of hydrogen-bond acceptors (Lipinski definition) is 2. The van der Waals surface area contributed by atoms with Crippen molar-refractivity contribution in [1.82, 2.24) is 4.98 Å². The van der Waals surface area contributed by atoms with Crippen LogP contribution < -0.4 is 5.32 Å². The zero-order chi connectivity index (χ0) is 13.2. The summed E-state index contributed by atoms with van der Waals surface area (Å²) in [5.41, 5.74) is 0.878. The molecule has 1 unspecified atom stereocenters. The molecule has 1 heterocycles. The summed E-state index contributed by atoms with van der Waals surface area (Å²) in [7, 11) is 0. The average molecular weight is 254 g/mol. The van der Waals surface area contributed by atoms with Crippen molar-refractivity contribution >= 4 is 22.4 Å². The Balaban J connectivity index is 1.76. The normalized spacial score (nSPS) is 22.6. The molecule has 19 heavy (non-hydrogen) atoms. The van der Waals surface area contributed by atoms with Crippen LogP contribution >= 0.6 is 0 Å². The molecule has 3 rings (SSSR count). The molecule has 1 aromatic carbocycles. The second kappa shape index (κ2) is 5.00. The number of nitrogens with zero attached hydrogens (tertiary/aromatic N) is 1. The third kappa shape index (κ3) is 2.60. The lowest BCUT2D eigenvalue weighted by Crippen LogP contribution is -2.20. The number of amides is 1. The van der Waals surface area contributed by atoms with E-state index in [1.807, 2.05) is 30.5 Å². The Labute approximate surface area is 113 Å². The number of nitrogens with one attached hydrogen (secondary N) is 1. The minimum absolute atomic E-state index is 0.165. The number of benzene rings is 1. The Hall–Kier alpha value is -1.90. The number of anilines is 1. The summed E-state index contributed by atoms with van der Waals surface area (Å²) in [6.45, 7) is 2.22. The molecule has 1 saturated carbocycles. The van der Waals surface area contributed by atoms with Gasteiger partial charge in [-0.15, -0.1) is 0 Å². The van der Waals surface area contributed by atoms with Crippen LogP contribution in [0.25, 0.3) is 10.8 Å². The summed E-state index contributed by atoms with van der Waals surface area (Å²) in [4.78, 5) is 16.3. The molecular formula is C16H18N2O. The SMILES string of the molecule is CC1CC[C@@H](C(=O)Nc2ccc3cnccc3c2)C1. The van der Waals surface area contributed by atoms with Crippen molar-refractivity contribution in [3.05, 3.63) is 36.7 Å². The summed E-state index contributed by atoms with van der Waals surface area (Å²) < 4.78 is 0. The second-order valence-electron chi connectivity index (χ2n) is 5.54. The predicted octanol–water partition coefficient (Wildman–Crippen LogP) is 3.61. The summed E-state index contributed by atoms with van der Waals surface area (Å²) in [6.07, 6.45) is 6.81. The van der Waals surface area contributed by atoms with Crippen molar-refractivity contribution < 1.29 is 4.79 Å². The van der Waals surface area contributed by atoms with E-state index in [9.17, 15) is 4.79 Å². The Morgan fingerprint density at radius 1 is 1.26 bits per heavy atom. The molecule has 1 aromatic heterocycles. The highest BCUT2D eigenvalue weighted by molar-refractivity contribution is 5.95. The molecule has 1 aliphatic carbocycles. The van der Waals surface area contributed by atoms with Crippen LogP contribution in [-0.4, -0.2) is 10.9 Å². The van der Waals surface area contributed by atoms with Gasteiger partial charge in [0.1, 0.15) is 0 Å². The highest BCUT2D eigenvalue weighted by atomic mass is 16.1. The fourth-order valence-corrected chi connectivity index (χ4v) is 2.85. The maximum absolute atomic E-state index is 12.2. The summed E-state index contributed by atoms with van der Waals surface area (Å²) in [5, 5.41) is 5.23. The molecule has 2 atom stereocenters. The molecule has 1 fully saturated rings. The van der Waals surface area contributed by atoms with Gasteiger partial charge in [0.2, 0.25) is 5.91 Å². The van der Waals surface area contributed by atoms with E-state index in [1.54, 1.807) is 6.20 Å². The molecule has 3 heteroatoms. The second-order valence-corrected chi connectivity index (χ2v) is 5.54. The molecule has 1 N–H and O–H groups in total. The molecule has 98 valence electrons. The maximum Gasteiger partial charge on any atom is 0.227 e. The average Bonchev–Trinajstić information content (AvgIpc) is 2.85. The molecule has 1 amide bonds. The van der Waals surface area contributed by atoms with Gasteiger partial charge in [-0.2, -0.15) is 0 Å². The van der Waals surface area contributed by atoms with Crippen LogP contribution in [0, 0.1) is 11.8 Å². The van der Waals surface area contributed by atoms with Crippen molar-refractivity contribution in [3.8, 4) is 0 Å². The van der Waals surface area contributed by atoms with Gasteiger partial charge < -0.3 is 5.32 Å². The van der Waals surface area contributed by atoms with Crippen LogP contribution in [0.1, 0.15) is 26.2 Å². The fraction of sp³-hybridized carbons (Fsp3) is 0.375.